The fraction of sp³-hybridized carbons (Fsp3) is 0.833. The number of aliphatic hydroxyl groups excluding tert-OH is 1. The molecule has 5 atom stereocenters. The van der Waals surface area contributed by atoms with Crippen molar-refractivity contribution in [2.75, 3.05) is 0 Å². The quantitative estimate of drug-likeness (QED) is 0.553. The first-order valence-corrected chi connectivity index (χ1v) is 8.39. The van der Waals surface area contributed by atoms with E-state index in [0.29, 0.717) is 23.7 Å². The first-order valence-electron chi connectivity index (χ1n) is 8.39. The smallest absolute Gasteiger partial charge is 0.303 e. The Kier molecular flexibility index (Phi) is 5.13. The topological polar surface area (TPSA) is 57.5 Å². The Morgan fingerprint density at radius 3 is 2.62 bits per heavy atom. The fourth-order valence-corrected chi connectivity index (χ4v) is 4.62. The average molecular weight is 294 g/mol. The summed E-state index contributed by atoms with van der Waals surface area (Å²) in [6, 6.07) is 0. The van der Waals surface area contributed by atoms with Crippen LogP contribution in [0.3, 0.4) is 0 Å². The maximum absolute atomic E-state index is 10.5. The maximum atomic E-state index is 10.5. The van der Waals surface area contributed by atoms with Gasteiger partial charge in [-0.1, -0.05) is 26.0 Å². The number of aliphatic hydroxyl groups is 1. The van der Waals surface area contributed by atoms with Crippen molar-refractivity contribution in [3.63, 3.8) is 0 Å². The van der Waals surface area contributed by atoms with Crippen LogP contribution in [0, 0.1) is 29.1 Å². The van der Waals surface area contributed by atoms with Crippen LogP contribution in [0.25, 0.3) is 0 Å². The highest BCUT2D eigenvalue weighted by molar-refractivity contribution is 5.66. The Morgan fingerprint density at radius 2 is 2.05 bits per heavy atom. The van der Waals surface area contributed by atoms with E-state index in [2.05, 4.69) is 26.0 Å². The molecule has 3 fully saturated rings. The number of rotatable bonds is 7. The van der Waals surface area contributed by atoms with Crippen molar-refractivity contribution < 1.29 is 15.0 Å². The second-order valence-electron chi connectivity index (χ2n) is 7.66. The zero-order valence-electron chi connectivity index (χ0n) is 13.6. The molecule has 2 N–H and O–H groups in total. The predicted molar refractivity (Wildman–Crippen MR) is 83.9 cm³/mol. The minimum absolute atomic E-state index is 0.211. The molecule has 3 aliphatic rings. The first-order chi connectivity index (χ1) is 9.84. The molecular weight excluding hydrogens is 264 g/mol. The summed E-state index contributed by atoms with van der Waals surface area (Å²) in [5, 5.41) is 18.7. The summed E-state index contributed by atoms with van der Waals surface area (Å²) in [6.07, 6.45) is 9.47. The Bertz CT molecular complexity index is 395. The van der Waals surface area contributed by atoms with Crippen LogP contribution in [0.5, 0.6) is 0 Å². The van der Waals surface area contributed by atoms with Crippen molar-refractivity contribution in [1.29, 1.82) is 0 Å². The van der Waals surface area contributed by atoms with Crippen molar-refractivity contribution in [2.45, 2.75) is 65.4 Å². The molecule has 120 valence electrons. The van der Waals surface area contributed by atoms with Crippen molar-refractivity contribution in [1.82, 2.24) is 0 Å². The number of fused-ring (bicyclic) bond motifs is 2. The highest BCUT2D eigenvalue weighted by atomic mass is 16.4. The lowest BCUT2D eigenvalue weighted by atomic mass is 9.42. The Hall–Kier alpha value is -0.830. The predicted octanol–water partition coefficient (Wildman–Crippen LogP) is 3.87. The monoisotopic (exact) mass is 294 g/mol. The Balaban J connectivity index is 1.86. The van der Waals surface area contributed by atoms with Gasteiger partial charge in [-0.3, -0.25) is 4.79 Å². The number of aliphatic carboxylic acids is 1. The number of carboxylic acids is 1. The molecule has 3 heteroatoms. The molecule has 0 radical (unpaired) electrons. The van der Waals surface area contributed by atoms with Crippen LogP contribution in [0.2, 0.25) is 0 Å². The zero-order valence-corrected chi connectivity index (χ0v) is 13.6. The summed E-state index contributed by atoms with van der Waals surface area (Å²) in [5.41, 5.74) is 0.438. The summed E-state index contributed by atoms with van der Waals surface area (Å²) in [5.74, 6) is 1.83. The largest absolute Gasteiger partial charge is 0.481 e. The van der Waals surface area contributed by atoms with Gasteiger partial charge in [0.05, 0.1) is 6.10 Å². The van der Waals surface area contributed by atoms with Crippen LogP contribution < -0.4 is 0 Å². The van der Waals surface area contributed by atoms with E-state index in [4.69, 9.17) is 5.11 Å². The number of unbranched alkanes of at least 4 members (excludes halogenated alkanes) is 1. The molecule has 0 aliphatic heterocycles. The molecule has 3 aliphatic carbocycles. The van der Waals surface area contributed by atoms with Gasteiger partial charge in [0, 0.05) is 6.42 Å². The van der Waals surface area contributed by atoms with E-state index >= 15 is 0 Å². The minimum atomic E-state index is -0.716. The molecule has 0 aromatic rings. The van der Waals surface area contributed by atoms with Gasteiger partial charge in [0.15, 0.2) is 0 Å². The van der Waals surface area contributed by atoms with Crippen LogP contribution in [0.4, 0.5) is 0 Å². The highest BCUT2D eigenvalue weighted by Crippen LogP contribution is 2.64. The third kappa shape index (κ3) is 3.50. The SMILES string of the molecule is CC(O)[C@@H]1CC2CC([C@H]1C/C=C\CCCC(=O)O)C2(C)C. The third-order valence-electron chi connectivity index (χ3n) is 6.13. The van der Waals surface area contributed by atoms with Crippen LogP contribution in [0.1, 0.15) is 59.3 Å². The van der Waals surface area contributed by atoms with E-state index in [-0.39, 0.29) is 12.5 Å². The second kappa shape index (κ2) is 6.51. The minimum Gasteiger partial charge on any atom is -0.481 e. The molecule has 3 rings (SSSR count). The first kappa shape index (κ1) is 16.5. The van der Waals surface area contributed by atoms with E-state index in [1.54, 1.807) is 0 Å². The van der Waals surface area contributed by atoms with Gasteiger partial charge in [-0.2, -0.15) is 0 Å². The standard InChI is InChI=1S/C18H30O3/c1-12(19)15-10-13-11-16(18(13,2)3)14(15)8-6-4-5-7-9-17(20)21/h4,6,12-16,19H,5,7-11H2,1-3H3,(H,20,21)/b6-4-/t12?,13?,14-,15-,16?/m0/s1. The van der Waals surface area contributed by atoms with Gasteiger partial charge in [0.1, 0.15) is 0 Å². The molecule has 3 unspecified atom stereocenters. The Labute approximate surface area is 128 Å². The number of allylic oxidation sites excluding steroid dienone is 2. The van der Waals surface area contributed by atoms with Gasteiger partial charge in [-0.15, -0.1) is 0 Å². The van der Waals surface area contributed by atoms with Gasteiger partial charge < -0.3 is 10.2 Å². The molecule has 0 saturated heterocycles. The highest BCUT2D eigenvalue weighted by Gasteiger charge is 2.57. The zero-order chi connectivity index (χ0) is 15.6. The van der Waals surface area contributed by atoms with Gasteiger partial charge in [0.25, 0.3) is 0 Å². The summed E-state index contributed by atoms with van der Waals surface area (Å²) in [4.78, 5) is 10.5. The number of hydrogen-bond donors (Lipinski definition) is 2. The Morgan fingerprint density at radius 1 is 1.33 bits per heavy atom. The van der Waals surface area contributed by atoms with Crippen molar-refractivity contribution in [2.24, 2.45) is 29.1 Å². The van der Waals surface area contributed by atoms with Gasteiger partial charge in [-0.25, -0.2) is 0 Å². The second-order valence-corrected chi connectivity index (χ2v) is 7.66. The van der Waals surface area contributed by atoms with Crippen LogP contribution in [-0.2, 0) is 4.79 Å². The summed E-state index contributed by atoms with van der Waals surface area (Å²) in [6.45, 7) is 6.70. The lowest BCUT2D eigenvalue weighted by Gasteiger charge is -2.63. The molecule has 0 spiro atoms. The molecule has 0 aromatic carbocycles. The van der Waals surface area contributed by atoms with Crippen LogP contribution in [0.15, 0.2) is 12.2 Å². The van der Waals surface area contributed by atoms with E-state index in [1.807, 2.05) is 6.92 Å². The lowest BCUT2D eigenvalue weighted by molar-refractivity contribution is -0.154. The molecule has 3 nitrogen and oxygen atoms in total. The van der Waals surface area contributed by atoms with Crippen LogP contribution in [-0.4, -0.2) is 22.3 Å². The van der Waals surface area contributed by atoms with Gasteiger partial charge in [0.2, 0.25) is 0 Å². The molecule has 2 bridgehead atoms. The molecular formula is C18H30O3. The number of hydrogen-bond acceptors (Lipinski definition) is 2. The third-order valence-corrected chi connectivity index (χ3v) is 6.13. The molecule has 3 saturated carbocycles. The van der Waals surface area contributed by atoms with Gasteiger partial charge in [-0.05, 0) is 68.1 Å². The lowest BCUT2D eigenvalue weighted by Crippen LogP contribution is -2.57. The molecule has 0 heterocycles. The van der Waals surface area contributed by atoms with Crippen molar-refractivity contribution in [3.05, 3.63) is 12.2 Å². The summed E-state index contributed by atoms with van der Waals surface area (Å²) in [7, 11) is 0. The molecule has 0 amide bonds. The normalized spacial score (nSPS) is 35.4. The fourth-order valence-electron chi connectivity index (χ4n) is 4.62. The van der Waals surface area contributed by atoms with E-state index in [9.17, 15) is 9.90 Å². The summed E-state index contributed by atoms with van der Waals surface area (Å²) < 4.78 is 0. The van der Waals surface area contributed by atoms with E-state index in [1.165, 1.54) is 12.8 Å². The molecule has 21 heavy (non-hydrogen) atoms. The van der Waals surface area contributed by atoms with Crippen molar-refractivity contribution in [3.8, 4) is 0 Å². The van der Waals surface area contributed by atoms with E-state index in [0.717, 1.165) is 24.7 Å². The van der Waals surface area contributed by atoms with Crippen LogP contribution >= 0.6 is 0 Å². The van der Waals surface area contributed by atoms with Crippen molar-refractivity contribution >= 4 is 5.97 Å². The molecule has 0 aromatic heterocycles. The van der Waals surface area contributed by atoms with Gasteiger partial charge >= 0.3 is 5.97 Å². The summed E-state index contributed by atoms with van der Waals surface area (Å²) >= 11 is 0. The maximum Gasteiger partial charge on any atom is 0.303 e. The average Bonchev–Trinajstić information content (AvgIpc) is 2.41. The van der Waals surface area contributed by atoms with E-state index < -0.39 is 5.97 Å². The number of carbonyl (C=O) groups is 1. The number of carboxylic acid groups (broad SMARTS) is 1.